The van der Waals surface area contributed by atoms with Gasteiger partial charge in [0.15, 0.2) is 5.78 Å². The highest BCUT2D eigenvalue weighted by Gasteiger charge is 2.38. The smallest absolute Gasteiger partial charge is 0.229 e. The first-order valence-corrected chi connectivity index (χ1v) is 11.1. The van der Waals surface area contributed by atoms with Crippen LogP contribution in [0.5, 0.6) is 0 Å². The lowest BCUT2D eigenvalue weighted by Crippen LogP contribution is -2.33. The Morgan fingerprint density at radius 2 is 1.93 bits per heavy atom. The van der Waals surface area contributed by atoms with Crippen LogP contribution < -0.4 is 16.0 Å². The second-order valence-corrected chi connectivity index (χ2v) is 8.92. The van der Waals surface area contributed by atoms with Crippen LogP contribution in [0.4, 0.5) is 17.6 Å². The average Bonchev–Trinajstić information content (AvgIpc) is 2.73. The largest absolute Gasteiger partial charge is 0.383 e. The predicted octanol–water partition coefficient (Wildman–Crippen LogP) is 4.38. The third kappa shape index (κ3) is 3.31. The van der Waals surface area contributed by atoms with Crippen molar-refractivity contribution in [2.75, 3.05) is 29.0 Å². The van der Waals surface area contributed by atoms with Crippen LogP contribution in [-0.4, -0.2) is 28.8 Å². The van der Waals surface area contributed by atoms with E-state index in [1.54, 1.807) is 0 Å². The summed E-state index contributed by atoms with van der Waals surface area (Å²) in [7, 11) is 0. The number of ketones is 1. The molecule has 1 saturated heterocycles. The lowest BCUT2D eigenvalue weighted by Gasteiger charge is -2.35. The van der Waals surface area contributed by atoms with Crippen LogP contribution in [0.1, 0.15) is 55.6 Å². The van der Waals surface area contributed by atoms with E-state index in [0.717, 1.165) is 71.5 Å². The fourth-order valence-corrected chi connectivity index (χ4v) is 5.14. The number of hydrogen-bond acceptors (Lipinski definition) is 6. The summed E-state index contributed by atoms with van der Waals surface area (Å²) < 4.78 is 0.977. The molecule has 1 aliphatic carbocycles. The number of nitrogen functional groups attached to an aromatic ring is 1. The molecule has 2 aliphatic heterocycles. The molecule has 7 heteroatoms. The molecule has 150 valence electrons. The number of nitrogens with zero attached hydrogens (tertiary/aromatic N) is 3. The van der Waals surface area contributed by atoms with Gasteiger partial charge in [-0.2, -0.15) is 9.97 Å². The minimum Gasteiger partial charge on any atom is -0.383 e. The van der Waals surface area contributed by atoms with Gasteiger partial charge in [-0.3, -0.25) is 4.79 Å². The van der Waals surface area contributed by atoms with Gasteiger partial charge in [0.25, 0.3) is 0 Å². The van der Waals surface area contributed by atoms with Crippen LogP contribution in [-0.2, 0) is 4.79 Å². The number of carbonyl (C=O) groups excluding carboxylic acids is 1. The highest BCUT2D eigenvalue weighted by atomic mass is 79.9. The molecular weight excluding hydrogens is 430 g/mol. The van der Waals surface area contributed by atoms with Crippen LogP contribution in [0, 0.1) is 0 Å². The maximum absolute atomic E-state index is 12.9. The number of piperidine rings is 1. The minimum atomic E-state index is -0.234. The zero-order valence-electron chi connectivity index (χ0n) is 16.2. The van der Waals surface area contributed by atoms with Crippen molar-refractivity contribution in [3.8, 4) is 0 Å². The van der Waals surface area contributed by atoms with Gasteiger partial charge in [0.2, 0.25) is 5.95 Å². The molecule has 0 spiro atoms. The summed E-state index contributed by atoms with van der Waals surface area (Å²) in [5.41, 5.74) is 10.2. The number of allylic oxidation sites excluding steroid dienone is 2. The number of rotatable bonds is 2. The number of hydrogen-bond donors (Lipinski definition) is 2. The fraction of sp³-hybridized carbons (Fsp3) is 0.409. The molecule has 1 aromatic heterocycles. The van der Waals surface area contributed by atoms with Gasteiger partial charge in [-0.05, 0) is 49.8 Å². The van der Waals surface area contributed by atoms with Crippen LogP contribution in [0.15, 0.2) is 40.0 Å². The molecule has 3 aliphatic rings. The van der Waals surface area contributed by atoms with Crippen molar-refractivity contribution in [3.63, 3.8) is 0 Å². The van der Waals surface area contributed by atoms with Crippen molar-refractivity contribution in [1.29, 1.82) is 0 Å². The molecule has 1 aromatic carbocycles. The monoisotopic (exact) mass is 453 g/mol. The molecule has 0 amide bonds. The van der Waals surface area contributed by atoms with E-state index >= 15 is 0 Å². The summed E-state index contributed by atoms with van der Waals surface area (Å²) in [6, 6.07) is 8.09. The second-order valence-electron chi connectivity index (χ2n) is 8.00. The Morgan fingerprint density at radius 1 is 1.10 bits per heavy atom. The first kappa shape index (κ1) is 18.6. The third-order valence-electron chi connectivity index (χ3n) is 6.09. The van der Waals surface area contributed by atoms with E-state index in [1.165, 1.54) is 6.42 Å². The summed E-state index contributed by atoms with van der Waals surface area (Å²) in [5, 5.41) is 3.45. The van der Waals surface area contributed by atoms with E-state index in [9.17, 15) is 4.79 Å². The van der Waals surface area contributed by atoms with E-state index in [0.29, 0.717) is 18.2 Å². The molecular formula is C22H24BrN5O. The molecule has 1 unspecified atom stereocenters. The highest BCUT2D eigenvalue weighted by Crippen LogP contribution is 2.47. The first-order chi connectivity index (χ1) is 14.1. The number of benzene rings is 1. The van der Waals surface area contributed by atoms with E-state index in [-0.39, 0.29) is 11.7 Å². The summed E-state index contributed by atoms with van der Waals surface area (Å²) in [6.07, 6.45) is 5.85. The van der Waals surface area contributed by atoms with E-state index in [2.05, 4.69) is 43.3 Å². The van der Waals surface area contributed by atoms with Crippen molar-refractivity contribution < 1.29 is 4.79 Å². The maximum atomic E-state index is 12.9. The molecule has 1 atom stereocenters. The van der Waals surface area contributed by atoms with Gasteiger partial charge in [-0.25, -0.2) is 0 Å². The molecule has 0 bridgehead atoms. The standard InChI is InChI=1S/C22H24BrN5O/c23-14-7-4-6-13(12-14)17-18-15(8-5-9-16(18)29)25-21-19(17)20(24)26-22(27-21)28-10-2-1-3-11-28/h4,6-7,12,17H,1-3,5,8-11H2,(H3,24,25,26,27). The quantitative estimate of drug-likeness (QED) is 0.701. The summed E-state index contributed by atoms with van der Waals surface area (Å²) in [4.78, 5) is 24.7. The number of Topliss-reactive ketones (excluding diaryl/α,β-unsaturated/α-hetero) is 1. The number of fused-ring (bicyclic) bond motifs is 1. The molecule has 0 saturated carbocycles. The van der Waals surface area contributed by atoms with Crippen molar-refractivity contribution >= 4 is 39.3 Å². The number of aromatic nitrogens is 2. The second kappa shape index (κ2) is 7.44. The first-order valence-electron chi connectivity index (χ1n) is 10.3. The van der Waals surface area contributed by atoms with Crippen LogP contribution in [0.25, 0.3) is 0 Å². The van der Waals surface area contributed by atoms with Crippen LogP contribution >= 0.6 is 15.9 Å². The zero-order chi connectivity index (χ0) is 20.0. The SMILES string of the molecule is Nc1nc(N2CCCCC2)nc2c1C(c1cccc(Br)c1)C1=C(CCCC1=O)N2. The van der Waals surface area contributed by atoms with Gasteiger partial charge in [0, 0.05) is 46.7 Å². The lowest BCUT2D eigenvalue weighted by atomic mass is 9.76. The zero-order valence-corrected chi connectivity index (χ0v) is 17.8. The number of nitrogens with one attached hydrogen (secondary N) is 1. The van der Waals surface area contributed by atoms with Gasteiger partial charge in [0.1, 0.15) is 11.6 Å². The van der Waals surface area contributed by atoms with Gasteiger partial charge >= 0.3 is 0 Å². The van der Waals surface area contributed by atoms with Gasteiger partial charge < -0.3 is 16.0 Å². The number of halogens is 1. The lowest BCUT2D eigenvalue weighted by molar-refractivity contribution is -0.116. The normalized spacial score (nSPS) is 21.5. The molecule has 1 fully saturated rings. The van der Waals surface area contributed by atoms with E-state index < -0.39 is 0 Å². The van der Waals surface area contributed by atoms with Crippen molar-refractivity contribution in [1.82, 2.24) is 9.97 Å². The highest BCUT2D eigenvalue weighted by molar-refractivity contribution is 9.10. The molecule has 0 radical (unpaired) electrons. The fourth-order valence-electron chi connectivity index (χ4n) is 4.72. The summed E-state index contributed by atoms with van der Waals surface area (Å²) in [6.45, 7) is 1.92. The molecule has 3 N–H and O–H groups in total. The molecule has 2 aromatic rings. The van der Waals surface area contributed by atoms with Crippen molar-refractivity contribution in [3.05, 3.63) is 51.1 Å². The predicted molar refractivity (Wildman–Crippen MR) is 118 cm³/mol. The number of anilines is 3. The molecule has 29 heavy (non-hydrogen) atoms. The number of nitrogens with two attached hydrogens (primary N) is 1. The minimum absolute atomic E-state index is 0.189. The van der Waals surface area contributed by atoms with Gasteiger partial charge in [0.05, 0.1) is 0 Å². The van der Waals surface area contributed by atoms with Crippen molar-refractivity contribution in [2.45, 2.75) is 44.4 Å². The Bertz CT molecular complexity index is 1010. The Labute approximate surface area is 178 Å². The van der Waals surface area contributed by atoms with E-state index in [4.69, 9.17) is 10.7 Å². The Kier molecular flexibility index (Phi) is 4.78. The topological polar surface area (TPSA) is 84.1 Å². The van der Waals surface area contributed by atoms with Gasteiger partial charge in [-0.15, -0.1) is 0 Å². The van der Waals surface area contributed by atoms with Crippen LogP contribution in [0.3, 0.4) is 0 Å². The van der Waals surface area contributed by atoms with E-state index in [1.807, 2.05) is 12.1 Å². The Balaban J connectivity index is 1.67. The molecule has 3 heterocycles. The van der Waals surface area contributed by atoms with Crippen molar-refractivity contribution in [2.24, 2.45) is 0 Å². The summed E-state index contributed by atoms with van der Waals surface area (Å²) >= 11 is 3.57. The Hall–Kier alpha value is -2.41. The average molecular weight is 454 g/mol. The maximum Gasteiger partial charge on any atom is 0.229 e. The molecule has 6 nitrogen and oxygen atoms in total. The summed E-state index contributed by atoms with van der Waals surface area (Å²) in [5.74, 6) is 1.85. The van der Waals surface area contributed by atoms with Crippen LogP contribution in [0.2, 0.25) is 0 Å². The number of carbonyl (C=O) groups is 1. The third-order valence-corrected chi connectivity index (χ3v) is 6.58. The van der Waals surface area contributed by atoms with Gasteiger partial charge in [-0.1, -0.05) is 28.1 Å². The Morgan fingerprint density at radius 3 is 2.72 bits per heavy atom. The molecule has 5 rings (SSSR count).